The smallest absolute Gasteiger partial charge is 0.324 e. The number of nitrogens with one attached hydrogen (secondary N) is 1. The van der Waals surface area contributed by atoms with Crippen molar-refractivity contribution < 1.29 is 13.7 Å². The molecule has 112 valence electrons. The first kappa shape index (κ1) is 16.6. The molecule has 0 aromatic heterocycles. The topological polar surface area (TPSA) is 55.4 Å². The van der Waals surface area contributed by atoms with Gasteiger partial charge in [0.2, 0.25) is 0 Å². The largest absolute Gasteiger partial charge is 0.465 e. The second kappa shape index (κ2) is 7.39. The van der Waals surface area contributed by atoms with Crippen molar-refractivity contribution in [2.75, 3.05) is 6.61 Å². The van der Waals surface area contributed by atoms with Gasteiger partial charge in [-0.05, 0) is 25.2 Å². The van der Waals surface area contributed by atoms with Crippen LogP contribution in [0.25, 0.3) is 0 Å². The van der Waals surface area contributed by atoms with Gasteiger partial charge in [-0.3, -0.25) is 4.79 Å². The normalized spacial score (nSPS) is 20.8. The molecule has 1 fully saturated rings. The minimum absolute atomic E-state index is 0.174. The van der Waals surface area contributed by atoms with Crippen LogP contribution in [0, 0.1) is 5.41 Å². The Morgan fingerprint density at radius 2 is 1.89 bits per heavy atom. The Labute approximate surface area is 119 Å². The number of hydrogen-bond acceptors (Lipinski definition) is 3. The van der Waals surface area contributed by atoms with Gasteiger partial charge < -0.3 is 4.74 Å². The standard InChI is InChI=1S/C14H27NO3S/c1-5-18-13(16)12(14(2,3)4)15-19(17)11-9-7-6-8-10-11/h11-12,15H,5-10H2,1-4H3. The predicted molar refractivity (Wildman–Crippen MR) is 78.0 cm³/mol. The van der Waals surface area contributed by atoms with Gasteiger partial charge in [0.15, 0.2) is 0 Å². The van der Waals surface area contributed by atoms with Crippen LogP contribution in [0.1, 0.15) is 59.8 Å². The first-order valence-corrected chi connectivity index (χ1v) is 8.41. The third kappa shape index (κ3) is 5.22. The maximum absolute atomic E-state index is 12.4. The van der Waals surface area contributed by atoms with E-state index in [1.165, 1.54) is 6.42 Å². The summed E-state index contributed by atoms with van der Waals surface area (Å²) in [6.45, 7) is 8.01. The second-order valence-electron chi connectivity index (χ2n) is 6.23. The molecule has 4 nitrogen and oxygen atoms in total. The van der Waals surface area contributed by atoms with Gasteiger partial charge in [0, 0.05) is 5.25 Å². The molecule has 0 aromatic carbocycles. The fourth-order valence-electron chi connectivity index (χ4n) is 2.30. The van der Waals surface area contributed by atoms with Crippen molar-refractivity contribution in [2.45, 2.75) is 71.1 Å². The zero-order valence-corrected chi connectivity index (χ0v) is 13.3. The summed E-state index contributed by atoms with van der Waals surface area (Å²) in [5, 5.41) is 0.174. The van der Waals surface area contributed by atoms with Crippen LogP contribution in [0.4, 0.5) is 0 Å². The van der Waals surface area contributed by atoms with E-state index in [1.807, 2.05) is 20.8 Å². The van der Waals surface area contributed by atoms with Gasteiger partial charge in [-0.15, -0.1) is 0 Å². The van der Waals surface area contributed by atoms with E-state index in [0.29, 0.717) is 6.61 Å². The van der Waals surface area contributed by atoms with Crippen molar-refractivity contribution in [3.05, 3.63) is 0 Å². The lowest BCUT2D eigenvalue weighted by atomic mass is 9.87. The lowest BCUT2D eigenvalue weighted by Gasteiger charge is -2.31. The zero-order chi connectivity index (χ0) is 14.5. The molecule has 1 N–H and O–H groups in total. The number of hydrogen-bond donors (Lipinski definition) is 1. The third-order valence-corrected chi connectivity index (χ3v) is 5.02. The lowest BCUT2D eigenvalue weighted by Crippen LogP contribution is -2.50. The summed E-state index contributed by atoms with van der Waals surface area (Å²) in [7, 11) is -1.16. The number of ether oxygens (including phenoxy) is 1. The minimum Gasteiger partial charge on any atom is -0.465 e. The van der Waals surface area contributed by atoms with Gasteiger partial charge in [0.1, 0.15) is 6.04 Å². The molecular weight excluding hydrogens is 262 g/mol. The van der Waals surface area contributed by atoms with Gasteiger partial charge in [-0.25, -0.2) is 8.93 Å². The average molecular weight is 289 g/mol. The summed E-state index contributed by atoms with van der Waals surface area (Å²) in [5.41, 5.74) is -0.309. The zero-order valence-electron chi connectivity index (χ0n) is 12.5. The van der Waals surface area contributed by atoms with Crippen molar-refractivity contribution >= 4 is 17.0 Å². The number of carbonyl (C=O) groups excluding carboxylic acids is 1. The summed E-state index contributed by atoms with van der Waals surface area (Å²) in [5.74, 6) is -0.306. The van der Waals surface area contributed by atoms with E-state index in [1.54, 1.807) is 6.92 Å². The number of rotatable bonds is 5. The van der Waals surface area contributed by atoms with Gasteiger partial charge in [0.25, 0.3) is 0 Å². The Bertz CT molecular complexity index is 319. The summed E-state index contributed by atoms with van der Waals surface area (Å²) < 4.78 is 20.4. The van der Waals surface area contributed by atoms with Crippen molar-refractivity contribution in [3.63, 3.8) is 0 Å². The first-order chi connectivity index (χ1) is 8.86. The molecule has 0 radical (unpaired) electrons. The maximum Gasteiger partial charge on any atom is 0.324 e. The van der Waals surface area contributed by atoms with Crippen LogP contribution in [-0.4, -0.2) is 28.1 Å². The van der Waals surface area contributed by atoms with Gasteiger partial charge >= 0.3 is 5.97 Å². The van der Waals surface area contributed by atoms with Crippen molar-refractivity contribution in [1.29, 1.82) is 0 Å². The van der Waals surface area contributed by atoms with E-state index in [4.69, 9.17) is 4.74 Å². The Morgan fingerprint density at radius 3 is 2.37 bits per heavy atom. The molecule has 0 heterocycles. The molecule has 0 saturated heterocycles. The molecule has 19 heavy (non-hydrogen) atoms. The van der Waals surface area contributed by atoms with E-state index < -0.39 is 17.0 Å². The molecule has 1 aliphatic carbocycles. The Morgan fingerprint density at radius 1 is 1.32 bits per heavy atom. The molecule has 0 aromatic rings. The average Bonchev–Trinajstić information content (AvgIpc) is 2.35. The molecular formula is C14H27NO3S. The minimum atomic E-state index is -1.16. The van der Waals surface area contributed by atoms with Crippen molar-refractivity contribution in [2.24, 2.45) is 5.41 Å². The van der Waals surface area contributed by atoms with E-state index >= 15 is 0 Å². The van der Waals surface area contributed by atoms with E-state index in [9.17, 15) is 9.00 Å². The highest BCUT2D eigenvalue weighted by atomic mass is 32.2. The van der Waals surface area contributed by atoms with Crippen molar-refractivity contribution in [1.82, 2.24) is 4.72 Å². The molecule has 0 aliphatic heterocycles. The van der Waals surface area contributed by atoms with E-state index in [-0.39, 0.29) is 16.6 Å². The molecule has 2 unspecified atom stereocenters. The summed E-state index contributed by atoms with van der Waals surface area (Å²) in [4.78, 5) is 12.0. The first-order valence-electron chi connectivity index (χ1n) is 7.19. The predicted octanol–water partition coefficient (Wildman–Crippen LogP) is 2.55. The van der Waals surface area contributed by atoms with Crippen LogP contribution in [-0.2, 0) is 20.5 Å². The molecule has 0 amide bonds. The summed E-state index contributed by atoms with van der Waals surface area (Å²) in [6, 6.07) is -0.518. The SMILES string of the molecule is CCOC(=O)C(NS(=O)C1CCCCC1)C(C)(C)C. The third-order valence-electron chi connectivity index (χ3n) is 3.48. The Balaban J connectivity index is 2.66. The van der Waals surface area contributed by atoms with Gasteiger partial charge in [0.05, 0.1) is 17.6 Å². The highest BCUT2D eigenvalue weighted by Gasteiger charge is 2.35. The molecule has 0 bridgehead atoms. The Hall–Kier alpha value is -0.420. The summed E-state index contributed by atoms with van der Waals surface area (Å²) in [6.07, 6.45) is 5.47. The van der Waals surface area contributed by atoms with Crippen LogP contribution < -0.4 is 4.72 Å². The van der Waals surface area contributed by atoms with Crippen LogP contribution in [0.2, 0.25) is 0 Å². The quantitative estimate of drug-likeness (QED) is 0.791. The van der Waals surface area contributed by atoms with Crippen LogP contribution in [0.15, 0.2) is 0 Å². The highest BCUT2D eigenvalue weighted by Crippen LogP contribution is 2.25. The fourth-order valence-corrected chi connectivity index (χ4v) is 3.93. The molecule has 1 aliphatic rings. The molecule has 2 atom stereocenters. The van der Waals surface area contributed by atoms with Gasteiger partial charge in [-0.2, -0.15) is 0 Å². The van der Waals surface area contributed by atoms with Crippen molar-refractivity contribution in [3.8, 4) is 0 Å². The molecule has 5 heteroatoms. The van der Waals surface area contributed by atoms with Gasteiger partial charge in [-0.1, -0.05) is 40.0 Å². The van der Waals surface area contributed by atoms with Crippen LogP contribution in [0.3, 0.4) is 0 Å². The van der Waals surface area contributed by atoms with Crippen LogP contribution >= 0.6 is 0 Å². The molecule has 1 saturated carbocycles. The maximum atomic E-state index is 12.4. The number of esters is 1. The van der Waals surface area contributed by atoms with Crippen LogP contribution in [0.5, 0.6) is 0 Å². The monoisotopic (exact) mass is 289 g/mol. The lowest BCUT2D eigenvalue weighted by molar-refractivity contribution is -0.147. The highest BCUT2D eigenvalue weighted by molar-refractivity contribution is 7.83. The molecule has 1 rings (SSSR count). The molecule has 0 spiro atoms. The fraction of sp³-hybridized carbons (Fsp3) is 0.929. The summed E-state index contributed by atoms with van der Waals surface area (Å²) >= 11 is 0. The van der Waals surface area contributed by atoms with E-state index in [2.05, 4.69) is 4.72 Å². The number of carbonyl (C=O) groups is 1. The second-order valence-corrected chi connectivity index (χ2v) is 7.72. The Kier molecular flexibility index (Phi) is 6.47. The van der Waals surface area contributed by atoms with E-state index in [0.717, 1.165) is 25.7 Å².